The number of rotatable bonds is 4. The number of hydrogen-bond donors (Lipinski definition) is 1. The number of carboxylic acid groups (broad SMARTS) is 1. The standard InChI is InChI=1S/C17H13ClO4S/c18-14-9-11-15(12-10-14)23(21,22)16(17(19)20)8-4-7-13-5-2-1-3-6-13/h1-3,5-6,9-12,16H,8H2,(H,19,20). The maximum Gasteiger partial charge on any atom is 0.323 e. The molecule has 4 nitrogen and oxygen atoms in total. The molecule has 23 heavy (non-hydrogen) atoms. The van der Waals surface area contributed by atoms with Crippen molar-refractivity contribution in [1.29, 1.82) is 0 Å². The van der Waals surface area contributed by atoms with Crippen LogP contribution in [0.25, 0.3) is 0 Å². The third kappa shape index (κ3) is 4.35. The van der Waals surface area contributed by atoms with E-state index in [-0.39, 0.29) is 11.3 Å². The highest BCUT2D eigenvalue weighted by Crippen LogP contribution is 2.20. The second-order valence-corrected chi connectivity index (χ2v) is 7.26. The third-order valence-electron chi connectivity index (χ3n) is 3.09. The molecular formula is C17H13ClO4S. The number of halogens is 1. The molecule has 0 bridgehead atoms. The molecule has 0 fully saturated rings. The van der Waals surface area contributed by atoms with Gasteiger partial charge in [-0.2, -0.15) is 0 Å². The van der Waals surface area contributed by atoms with Crippen molar-refractivity contribution < 1.29 is 18.3 Å². The molecule has 2 aromatic rings. The lowest BCUT2D eigenvalue weighted by atomic mass is 10.2. The van der Waals surface area contributed by atoms with E-state index in [1.807, 2.05) is 6.07 Å². The van der Waals surface area contributed by atoms with Crippen molar-refractivity contribution in [2.75, 3.05) is 0 Å². The summed E-state index contributed by atoms with van der Waals surface area (Å²) >= 11 is 5.72. The zero-order chi connectivity index (χ0) is 16.9. The fraction of sp³-hybridized carbons (Fsp3) is 0.118. The van der Waals surface area contributed by atoms with Crippen LogP contribution in [0.5, 0.6) is 0 Å². The van der Waals surface area contributed by atoms with E-state index in [1.165, 1.54) is 24.3 Å². The Morgan fingerprint density at radius 3 is 2.26 bits per heavy atom. The van der Waals surface area contributed by atoms with Gasteiger partial charge in [-0.25, -0.2) is 8.42 Å². The molecule has 1 atom stereocenters. The number of benzene rings is 2. The average molecular weight is 349 g/mol. The Bertz CT molecular complexity index is 847. The van der Waals surface area contributed by atoms with Crippen LogP contribution in [-0.4, -0.2) is 24.7 Å². The van der Waals surface area contributed by atoms with Crippen molar-refractivity contribution in [3.63, 3.8) is 0 Å². The molecule has 118 valence electrons. The average Bonchev–Trinajstić information content (AvgIpc) is 2.52. The van der Waals surface area contributed by atoms with Crippen LogP contribution in [0.15, 0.2) is 59.5 Å². The van der Waals surface area contributed by atoms with Crippen molar-refractivity contribution in [1.82, 2.24) is 0 Å². The van der Waals surface area contributed by atoms with Gasteiger partial charge in [-0.3, -0.25) is 4.79 Å². The van der Waals surface area contributed by atoms with E-state index >= 15 is 0 Å². The Kier molecular flexibility index (Phi) is 5.43. The molecule has 0 aliphatic carbocycles. The zero-order valence-electron chi connectivity index (χ0n) is 11.9. The third-order valence-corrected chi connectivity index (χ3v) is 5.38. The first-order valence-corrected chi connectivity index (χ1v) is 8.60. The quantitative estimate of drug-likeness (QED) is 0.862. The van der Waals surface area contributed by atoms with Gasteiger partial charge in [-0.15, -0.1) is 0 Å². The van der Waals surface area contributed by atoms with Gasteiger partial charge < -0.3 is 5.11 Å². The summed E-state index contributed by atoms with van der Waals surface area (Å²) in [6.45, 7) is 0. The van der Waals surface area contributed by atoms with Crippen molar-refractivity contribution in [3.8, 4) is 11.8 Å². The van der Waals surface area contributed by atoms with E-state index in [4.69, 9.17) is 11.6 Å². The van der Waals surface area contributed by atoms with Crippen molar-refractivity contribution >= 4 is 27.4 Å². The summed E-state index contributed by atoms with van der Waals surface area (Å²) < 4.78 is 24.9. The molecule has 0 aromatic heterocycles. The fourth-order valence-electron chi connectivity index (χ4n) is 1.89. The molecule has 0 aliphatic heterocycles. The highest BCUT2D eigenvalue weighted by Gasteiger charge is 2.33. The Morgan fingerprint density at radius 1 is 1.09 bits per heavy atom. The fourth-order valence-corrected chi connectivity index (χ4v) is 3.42. The Labute approximate surface area is 139 Å². The molecule has 0 heterocycles. The topological polar surface area (TPSA) is 71.4 Å². The van der Waals surface area contributed by atoms with Gasteiger partial charge in [0.2, 0.25) is 0 Å². The SMILES string of the molecule is O=C(O)C(CC#Cc1ccccc1)S(=O)(=O)c1ccc(Cl)cc1. The molecule has 1 N–H and O–H groups in total. The highest BCUT2D eigenvalue weighted by atomic mass is 35.5. The van der Waals surface area contributed by atoms with Gasteiger partial charge in [0.05, 0.1) is 4.90 Å². The molecule has 0 amide bonds. The van der Waals surface area contributed by atoms with Crippen molar-refractivity contribution in [2.24, 2.45) is 0 Å². The van der Waals surface area contributed by atoms with Crippen molar-refractivity contribution in [3.05, 3.63) is 65.2 Å². The lowest BCUT2D eigenvalue weighted by Crippen LogP contribution is -2.29. The Balaban J connectivity index is 2.26. The maximum absolute atomic E-state index is 12.4. The van der Waals surface area contributed by atoms with Gasteiger partial charge in [0.1, 0.15) is 0 Å². The van der Waals surface area contributed by atoms with Crippen molar-refractivity contribution in [2.45, 2.75) is 16.6 Å². The van der Waals surface area contributed by atoms with E-state index in [0.29, 0.717) is 10.6 Å². The first kappa shape index (κ1) is 17.1. The molecule has 6 heteroatoms. The summed E-state index contributed by atoms with van der Waals surface area (Å²) in [5.74, 6) is 3.97. The van der Waals surface area contributed by atoms with E-state index < -0.39 is 21.1 Å². The smallest absolute Gasteiger partial charge is 0.323 e. The molecule has 2 aromatic carbocycles. The molecule has 0 saturated carbocycles. The predicted molar refractivity (Wildman–Crippen MR) is 88.0 cm³/mol. The maximum atomic E-state index is 12.4. The van der Waals surface area contributed by atoms with Crippen LogP contribution < -0.4 is 0 Å². The zero-order valence-corrected chi connectivity index (χ0v) is 13.5. The van der Waals surface area contributed by atoms with Gasteiger partial charge in [0, 0.05) is 17.0 Å². The Hall–Kier alpha value is -2.29. The van der Waals surface area contributed by atoms with Crippen LogP contribution in [0, 0.1) is 11.8 Å². The highest BCUT2D eigenvalue weighted by molar-refractivity contribution is 7.92. The minimum absolute atomic E-state index is 0.0872. The van der Waals surface area contributed by atoms with Gasteiger partial charge >= 0.3 is 5.97 Å². The summed E-state index contributed by atoms with van der Waals surface area (Å²) in [6, 6.07) is 14.3. The molecule has 0 spiro atoms. The lowest BCUT2D eigenvalue weighted by Gasteiger charge is -2.11. The van der Waals surface area contributed by atoms with Gasteiger partial charge in [-0.05, 0) is 36.4 Å². The summed E-state index contributed by atoms with van der Waals surface area (Å²) in [5.41, 5.74) is 0.695. The van der Waals surface area contributed by atoms with Crippen LogP contribution in [0.4, 0.5) is 0 Å². The van der Waals surface area contributed by atoms with E-state index in [0.717, 1.165) is 0 Å². The first-order chi connectivity index (χ1) is 10.9. The van der Waals surface area contributed by atoms with Gasteiger partial charge in [-0.1, -0.05) is 41.6 Å². The van der Waals surface area contributed by atoms with E-state index in [2.05, 4.69) is 11.8 Å². The van der Waals surface area contributed by atoms with E-state index in [9.17, 15) is 18.3 Å². The lowest BCUT2D eigenvalue weighted by molar-refractivity contribution is -0.136. The Morgan fingerprint density at radius 2 is 1.70 bits per heavy atom. The summed E-state index contributed by atoms with van der Waals surface area (Å²) in [4.78, 5) is 11.3. The summed E-state index contributed by atoms with van der Waals surface area (Å²) in [5, 5.41) is 8.00. The van der Waals surface area contributed by atoms with Crippen LogP contribution in [-0.2, 0) is 14.6 Å². The molecule has 0 aliphatic rings. The minimum Gasteiger partial charge on any atom is -0.480 e. The normalized spacial score (nSPS) is 12.0. The first-order valence-electron chi connectivity index (χ1n) is 6.67. The largest absolute Gasteiger partial charge is 0.480 e. The number of aliphatic carboxylic acids is 1. The second kappa shape index (κ2) is 7.32. The molecule has 2 rings (SSSR count). The van der Waals surface area contributed by atoms with E-state index in [1.54, 1.807) is 24.3 Å². The van der Waals surface area contributed by atoms with Crippen LogP contribution in [0.3, 0.4) is 0 Å². The van der Waals surface area contributed by atoms with Crippen LogP contribution in [0.1, 0.15) is 12.0 Å². The van der Waals surface area contributed by atoms with Crippen LogP contribution in [0.2, 0.25) is 5.02 Å². The summed E-state index contributed by atoms with van der Waals surface area (Å²) in [7, 11) is -4.03. The molecule has 0 radical (unpaired) electrons. The number of hydrogen-bond acceptors (Lipinski definition) is 3. The van der Waals surface area contributed by atoms with Gasteiger partial charge in [0.15, 0.2) is 15.1 Å². The minimum atomic E-state index is -4.03. The van der Waals surface area contributed by atoms with Gasteiger partial charge in [0.25, 0.3) is 0 Å². The van der Waals surface area contributed by atoms with Crippen LogP contribution >= 0.6 is 11.6 Å². The number of carbonyl (C=O) groups is 1. The predicted octanol–water partition coefficient (Wildman–Crippen LogP) is 3.01. The molecular weight excluding hydrogens is 336 g/mol. The number of carboxylic acids is 1. The second-order valence-electron chi connectivity index (χ2n) is 4.70. The number of sulfone groups is 1. The molecule has 1 unspecified atom stereocenters. The monoisotopic (exact) mass is 348 g/mol. The summed E-state index contributed by atoms with van der Waals surface area (Å²) in [6.07, 6.45) is -0.296. The molecule has 0 saturated heterocycles.